The van der Waals surface area contributed by atoms with Crippen LogP contribution in [0.15, 0.2) is 58.1 Å². The number of rotatable bonds is 7. The normalized spacial score (nSPS) is 12.0. The van der Waals surface area contributed by atoms with E-state index in [4.69, 9.17) is 0 Å². The maximum Gasteiger partial charge on any atom is 0.262 e. The molecule has 2 rings (SSSR count). The molecule has 0 aromatic heterocycles. The van der Waals surface area contributed by atoms with Crippen molar-refractivity contribution in [3.05, 3.63) is 58.6 Å². The molecule has 0 aliphatic carbocycles. The molecular weight excluding hydrogens is 380 g/mol. The van der Waals surface area contributed by atoms with Crippen molar-refractivity contribution in [2.24, 2.45) is 5.10 Å². The molecule has 2 N–H and O–H groups in total. The Morgan fingerprint density at radius 1 is 1.16 bits per heavy atom. The van der Waals surface area contributed by atoms with E-state index in [0.717, 1.165) is 21.4 Å². The Bertz CT molecular complexity index is 711. The number of nitrogens with zero attached hydrogens (tertiary/aromatic N) is 2. The molecule has 5 nitrogen and oxygen atoms in total. The first-order valence-electron chi connectivity index (χ1n) is 8.12. The van der Waals surface area contributed by atoms with Crippen LogP contribution in [-0.2, 0) is 4.79 Å². The van der Waals surface area contributed by atoms with Crippen LogP contribution in [0.25, 0.3) is 0 Å². The summed E-state index contributed by atoms with van der Waals surface area (Å²) in [5, 5.41) is 7.27. The lowest BCUT2D eigenvalue weighted by Gasteiger charge is -2.16. The van der Waals surface area contributed by atoms with E-state index in [0.29, 0.717) is 6.42 Å². The van der Waals surface area contributed by atoms with Crippen LogP contribution < -0.4 is 15.6 Å². The number of hydrazone groups is 1. The zero-order valence-corrected chi connectivity index (χ0v) is 16.2. The highest BCUT2D eigenvalue weighted by atomic mass is 79.9. The molecule has 0 aliphatic heterocycles. The smallest absolute Gasteiger partial charge is 0.262 e. The van der Waals surface area contributed by atoms with Crippen LogP contribution in [0.1, 0.15) is 18.9 Å². The SMILES string of the molecule is CC[C@@H](Nc1ccc(Br)cc1)C(=O)N/N=C\c1ccc(N(C)C)cc1. The van der Waals surface area contributed by atoms with Gasteiger partial charge in [-0.1, -0.05) is 35.0 Å². The standard InChI is InChI=1S/C19H23BrN4O/c1-4-18(22-16-9-7-15(20)8-10-16)19(25)23-21-13-14-5-11-17(12-6-14)24(2)3/h5-13,18,22H,4H2,1-3H3,(H,23,25)/b21-13-/t18-/m1/s1. The van der Waals surface area contributed by atoms with Gasteiger partial charge in [0.2, 0.25) is 0 Å². The van der Waals surface area contributed by atoms with Crippen molar-refractivity contribution in [2.75, 3.05) is 24.3 Å². The van der Waals surface area contributed by atoms with Gasteiger partial charge in [-0.05, 0) is 48.4 Å². The molecule has 1 amide bonds. The van der Waals surface area contributed by atoms with Crippen molar-refractivity contribution in [3.63, 3.8) is 0 Å². The lowest BCUT2D eigenvalue weighted by molar-refractivity contribution is -0.121. The number of nitrogens with one attached hydrogen (secondary N) is 2. The van der Waals surface area contributed by atoms with Gasteiger partial charge in [0.25, 0.3) is 5.91 Å². The third-order valence-electron chi connectivity index (χ3n) is 3.71. The quantitative estimate of drug-likeness (QED) is 0.545. The monoisotopic (exact) mass is 402 g/mol. The van der Waals surface area contributed by atoms with Crippen molar-refractivity contribution in [3.8, 4) is 0 Å². The van der Waals surface area contributed by atoms with Gasteiger partial charge in [-0.2, -0.15) is 5.10 Å². The number of hydrogen-bond donors (Lipinski definition) is 2. The topological polar surface area (TPSA) is 56.7 Å². The van der Waals surface area contributed by atoms with Gasteiger partial charge in [0.15, 0.2) is 0 Å². The predicted octanol–water partition coefficient (Wildman–Crippen LogP) is 3.86. The number of anilines is 2. The van der Waals surface area contributed by atoms with Crippen LogP contribution in [0.2, 0.25) is 0 Å². The van der Waals surface area contributed by atoms with Gasteiger partial charge in [0.05, 0.1) is 6.21 Å². The minimum atomic E-state index is -0.338. The third-order valence-corrected chi connectivity index (χ3v) is 4.24. The van der Waals surface area contributed by atoms with Crippen molar-refractivity contribution >= 4 is 39.4 Å². The third kappa shape index (κ3) is 5.90. The van der Waals surface area contributed by atoms with Gasteiger partial charge < -0.3 is 10.2 Å². The second kappa shape index (κ2) is 9.22. The largest absolute Gasteiger partial charge is 0.378 e. The Kier molecular flexibility index (Phi) is 7.01. The summed E-state index contributed by atoms with van der Waals surface area (Å²) < 4.78 is 1.00. The maximum atomic E-state index is 12.3. The first-order chi connectivity index (χ1) is 12.0. The zero-order chi connectivity index (χ0) is 18.2. The molecule has 0 saturated heterocycles. The first-order valence-corrected chi connectivity index (χ1v) is 8.91. The van der Waals surface area contributed by atoms with E-state index in [2.05, 4.69) is 31.8 Å². The van der Waals surface area contributed by atoms with Gasteiger partial charge in [0.1, 0.15) is 6.04 Å². The Labute approximate surface area is 157 Å². The average molecular weight is 403 g/mol. The van der Waals surface area contributed by atoms with Crippen molar-refractivity contribution < 1.29 is 4.79 Å². The van der Waals surface area contributed by atoms with E-state index in [-0.39, 0.29) is 11.9 Å². The van der Waals surface area contributed by atoms with Gasteiger partial charge in [-0.25, -0.2) is 5.43 Å². The highest BCUT2D eigenvalue weighted by molar-refractivity contribution is 9.10. The summed E-state index contributed by atoms with van der Waals surface area (Å²) in [6, 6.07) is 15.3. The summed E-state index contributed by atoms with van der Waals surface area (Å²) in [5.41, 5.74) is 5.54. The van der Waals surface area contributed by atoms with Crippen molar-refractivity contribution in [1.82, 2.24) is 5.43 Å². The number of carbonyl (C=O) groups excluding carboxylic acids is 1. The molecule has 0 spiro atoms. The number of halogens is 1. The Hall–Kier alpha value is -2.34. The van der Waals surface area contributed by atoms with E-state index >= 15 is 0 Å². The highest BCUT2D eigenvalue weighted by Gasteiger charge is 2.15. The van der Waals surface area contributed by atoms with E-state index in [9.17, 15) is 4.79 Å². The van der Waals surface area contributed by atoms with Crippen LogP contribution in [0.4, 0.5) is 11.4 Å². The summed E-state index contributed by atoms with van der Waals surface area (Å²) in [6.45, 7) is 1.96. The summed E-state index contributed by atoms with van der Waals surface area (Å²) in [7, 11) is 3.99. The fourth-order valence-electron chi connectivity index (χ4n) is 2.21. The van der Waals surface area contributed by atoms with Crippen LogP contribution in [0.5, 0.6) is 0 Å². The Morgan fingerprint density at radius 3 is 2.36 bits per heavy atom. The predicted molar refractivity (Wildman–Crippen MR) is 108 cm³/mol. The first kappa shape index (κ1) is 19.0. The van der Waals surface area contributed by atoms with E-state index in [1.807, 2.05) is 74.4 Å². The van der Waals surface area contributed by atoms with Gasteiger partial charge >= 0.3 is 0 Å². The van der Waals surface area contributed by atoms with Crippen LogP contribution in [0.3, 0.4) is 0 Å². The van der Waals surface area contributed by atoms with Crippen molar-refractivity contribution in [1.29, 1.82) is 0 Å². The minimum Gasteiger partial charge on any atom is -0.378 e. The van der Waals surface area contributed by atoms with E-state index < -0.39 is 0 Å². The fraction of sp³-hybridized carbons (Fsp3) is 0.263. The summed E-state index contributed by atoms with van der Waals surface area (Å²) in [5.74, 6) is -0.161. The van der Waals surface area contributed by atoms with Gasteiger partial charge in [-0.15, -0.1) is 0 Å². The lowest BCUT2D eigenvalue weighted by atomic mass is 10.2. The molecule has 0 bridgehead atoms. The summed E-state index contributed by atoms with van der Waals surface area (Å²) in [4.78, 5) is 14.3. The summed E-state index contributed by atoms with van der Waals surface area (Å²) in [6.07, 6.45) is 2.30. The molecule has 132 valence electrons. The van der Waals surface area contributed by atoms with Crippen LogP contribution in [0, 0.1) is 0 Å². The zero-order valence-electron chi connectivity index (χ0n) is 14.7. The second-order valence-electron chi connectivity index (χ2n) is 5.83. The Balaban J connectivity index is 1.91. The molecule has 0 aliphatic rings. The van der Waals surface area contributed by atoms with Gasteiger partial charge in [-0.3, -0.25) is 4.79 Å². The van der Waals surface area contributed by atoms with E-state index in [1.165, 1.54) is 0 Å². The molecular formula is C19H23BrN4O. The average Bonchev–Trinajstić information content (AvgIpc) is 2.61. The number of carbonyl (C=O) groups is 1. The van der Waals surface area contributed by atoms with E-state index in [1.54, 1.807) is 6.21 Å². The molecule has 2 aromatic rings. The molecule has 0 fully saturated rings. The van der Waals surface area contributed by atoms with Crippen LogP contribution in [-0.4, -0.2) is 32.3 Å². The molecule has 0 heterocycles. The number of benzene rings is 2. The fourth-order valence-corrected chi connectivity index (χ4v) is 2.47. The number of amides is 1. The van der Waals surface area contributed by atoms with Crippen LogP contribution >= 0.6 is 15.9 Å². The molecule has 0 saturated carbocycles. The molecule has 1 atom stereocenters. The second-order valence-corrected chi connectivity index (χ2v) is 6.75. The molecule has 0 unspecified atom stereocenters. The number of hydrogen-bond acceptors (Lipinski definition) is 4. The summed E-state index contributed by atoms with van der Waals surface area (Å²) >= 11 is 3.40. The molecule has 25 heavy (non-hydrogen) atoms. The molecule has 6 heteroatoms. The lowest BCUT2D eigenvalue weighted by Crippen LogP contribution is -2.36. The maximum absolute atomic E-state index is 12.3. The van der Waals surface area contributed by atoms with Gasteiger partial charge in [0, 0.05) is 29.9 Å². The Morgan fingerprint density at radius 2 is 1.80 bits per heavy atom. The molecule has 2 aromatic carbocycles. The highest BCUT2D eigenvalue weighted by Crippen LogP contribution is 2.15. The molecule has 0 radical (unpaired) electrons. The minimum absolute atomic E-state index is 0.161. The van der Waals surface area contributed by atoms with Crippen molar-refractivity contribution in [2.45, 2.75) is 19.4 Å².